The van der Waals surface area contributed by atoms with E-state index in [1.54, 1.807) is 18.2 Å². The Labute approximate surface area is 114 Å². The third-order valence-corrected chi connectivity index (χ3v) is 3.15. The molecule has 0 fully saturated rings. The number of anilines is 2. The number of halogens is 1. The molecule has 0 atom stereocenters. The minimum atomic E-state index is -0.205. The highest BCUT2D eigenvalue weighted by atomic mass is 79.9. The monoisotopic (exact) mass is 304 g/mol. The van der Waals surface area contributed by atoms with Crippen LogP contribution in [0, 0.1) is 6.92 Å². The van der Waals surface area contributed by atoms with Crippen molar-refractivity contribution in [1.29, 1.82) is 0 Å². The second kappa shape index (κ2) is 5.23. The molecule has 0 heterocycles. The number of nitrogen functional groups attached to an aromatic ring is 1. The number of carbonyl (C=O) groups excluding carboxylic acids is 1. The van der Waals surface area contributed by atoms with Gasteiger partial charge in [0.1, 0.15) is 0 Å². The molecule has 0 aliphatic heterocycles. The number of amides is 1. The lowest BCUT2D eigenvalue weighted by atomic mass is 10.1. The van der Waals surface area contributed by atoms with Crippen LogP contribution in [0.1, 0.15) is 15.9 Å². The molecule has 0 bridgehead atoms. The number of carbonyl (C=O) groups is 1. The quantitative estimate of drug-likeness (QED) is 0.833. The highest BCUT2D eigenvalue weighted by Crippen LogP contribution is 2.21. The summed E-state index contributed by atoms with van der Waals surface area (Å²) in [7, 11) is 0. The fourth-order valence-electron chi connectivity index (χ4n) is 1.63. The van der Waals surface area contributed by atoms with E-state index in [0.29, 0.717) is 11.3 Å². The Morgan fingerprint density at radius 3 is 2.67 bits per heavy atom. The van der Waals surface area contributed by atoms with Gasteiger partial charge in [0.2, 0.25) is 0 Å². The minimum Gasteiger partial charge on any atom is -0.398 e. The summed E-state index contributed by atoms with van der Waals surface area (Å²) < 4.78 is 0.826. The molecule has 2 rings (SSSR count). The van der Waals surface area contributed by atoms with Crippen molar-refractivity contribution in [3.63, 3.8) is 0 Å². The number of para-hydroxylation sites is 1. The summed E-state index contributed by atoms with van der Waals surface area (Å²) in [5, 5.41) is 2.85. The number of hydrogen-bond donors (Lipinski definition) is 2. The maximum absolute atomic E-state index is 12.1. The molecule has 3 N–H and O–H groups in total. The fourth-order valence-corrected chi connectivity index (χ4v) is 1.99. The molecule has 0 spiro atoms. The zero-order valence-corrected chi connectivity index (χ0v) is 11.5. The number of aryl methyl sites for hydroxylation is 1. The first-order valence-corrected chi connectivity index (χ1v) is 6.29. The lowest BCUT2D eigenvalue weighted by Gasteiger charge is -2.10. The molecule has 0 aliphatic carbocycles. The van der Waals surface area contributed by atoms with Crippen LogP contribution in [0.2, 0.25) is 0 Å². The van der Waals surface area contributed by atoms with Gasteiger partial charge >= 0.3 is 0 Å². The first-order valence-electron chi connectivity index (χ1n) is 5.50. The van der Waals surface area contributed by atoms with Gasteiger partial charge in [0, 0.05) is 15.8 Å². The van der Waals surface area contributed by atoms with E-state index in [4.69, 9.17) is 5.73 Å². The second-order valence-electron chi connectivity index (χ2n) is 4.00. The molecule has 0 saturated carbocycles. The second-order valence-corrected chi connectivity index (χ2v) is 4.92. The number of nitrogens with two attached hydrogens (primary N) is 1. The van der Waals surface area contributed by atoms with E-state index >= 15 is 0 Å². The number of rotatable bonds is 2. The summed E-state index contributed by atoms with van der Waals surface area (Å²) in [4.78, 5) is 12.1. The van der Waals surface area contributed by atoms with E-state index in [-0.39, 0.29) is 5.91 Å². The summed E-state index contributed by atoms with van der Waals surface area (Å²) in [6.07, 6.45) is 0. The normalized spacial score (nSPS) is 10.1. The molecule has 1 amide bonds. The van der Waals surface area contributed by atoms with Crippen molar-refractivity contribution < 1.29 is 4.79 Å². The van der Waals surface area contributed by atoms with Crippen LogP contribution < -0.4 is 11.1 Å². The predicted molar refractivity (Wildman–Crippen MR) is 77.7 cm³/mol. The van der Waals surface area contributed by atoms with Gasteiger partial charge in [-0.15, -0.1) is 0 Å². The number of hydrogen-bond acceptors (Lipinski definition) is 2. The zero-order chi connectivity index (χ0) is 13.1. The third-order valence-electron chi connectivity index (χ3n) is 2.65. The summed E-state index contributed by atoms with van der Waals surface area (Å²) in [5.41, 5.74) is 8.53. The highest BCUT2D eigenvalue weighted by molar-refractivity contribution is 9.10. The number of benzene rings is 2. The summed E-state index contributed by atoms with van der Waals surface area (Å²) in [6, 6.07) is 12.8. The molecule has 18 heavy (non-hydrogen) atoms. The lowest BCUT2D eigenvalue weighted by Crippen LogP contribution is -2.14. The van der Waals surface area contributed by atoms with Gasteiger partial charge in [-0.05, 0) is 36.8 Å². The molecular formula is C14H13BrN2O. The van der Waals surface area contributed by atoms with Crippen molar-refractivity contribution >= 4 is 33.2 Å². The van der Waals surface area contributed by atoms with E-state index in [0.717, 1.165) is 15.7 Å². The predicted octanol–water partition coefficient (Wildman–Crippen LogP) is 3.59. The molecule has 0 aromatic heterocycles. The van der Waals surface area contributed by atoms with Gasteiger partial charge < -0.3 is 11.1 Å². The Hall–Kier alpha value is -1.81. The first-order chi connectivity index (χ1) is 8.58. The van der Waals surface area contributed by atoms with Crippen LogP contribution in [-0.4, -0.2) is 5.91 Å². The Morgan fingerprint density at radius 2 is 1.94 bits per heavy atom. The van der Waals surface area contributed by atoms with Crippen molar-refractivity contribution in [2.45, 2.75) is 6.92 Å². The Kier molecular flexibility index (Phi) is 3.67. The summed E-state index contributed by atoms with van der Waals surface area (Å²) in [5.74, 6) is -0.205. The van der Waals surface area contributed by atoms with Crippen molar-refractivity contribution in [2.24, 2.45) is 0 Å². The van der Waals surface area contributed by atoms with Crippen LogP contribution in [-0.2, 0) is 0 Å². The van der Waals surface area contributed by atoms with Crippen molar-refractivity contribution in [3.05, 3.63) is 58.1 Å². The van der Waals surface area contributed by atoms with Crippen LogP contribution in [0.4, 0.5) is 11.4 Å². The smallest absolute Gasteiger partial charge is 0.257 e. The lowest BCUT2D eigenvalue weighted by molar-refractivity contribution is 0.102. The maximum Gasteiger partial charge on any atom is 0.257 e. The van der Waals surface area contributed by atoms with E-state index in [2.05, 4.69) is 21.2 Å². The maximum atomic E-state index is 12.1. The average Bonchev–Trinajstić information content (AvgIpc) is 2.35. The van der Waals surface area contributed by atoms with Gasteiger partial charge in [0.25, 0.3) is 5.91 Å². The molecule has 0 aliphatic rings. The van der Waals surface area contributed by atoms with Crippen LogP contribution in [0.5, 0.6) is 0 Å². The molecule has 92 valence electrons. The van der Waals surface area contributed by atoms with Gasteiger partial charge in [-0.25, -0.2) is 0 Å². The van der Waals surface area contributed by atoms with E-state index in [1.807, 2.05) is 31.2 Å². The minimum absolute atomic E-state index is 0.205. The topological polar surface area (TPSA) is 55.1 Å². The molecule has 0 unspecified atom stereocenters. The molecular weight excluding hydrogens is 292 g/mol. The van der Waals surface area contributed by atoms with E-state index in [9.17, 15) is 4.79 Å². The largest absolute Gasteiger partial charge is 0.398 e. The molecule has 0 radical (unpaired) electrons. The van der Waals surface area contributed by atoms with Crippen LogP contribution in [0.3, 0.4) is 0 Å². The van der Waals surface area contributed by atoms with Crippen molar-refractivity contribution in [1.82, 2.24) is 0 Å². The molecule has 2 aromatic rings. The zero-order valence-electron chi connectivity index (χ0n) is 9.91. The van der Waals surface area contributed by atoms with E-state index in [1.165, 1.54) is 0 Å². The molecule has 4 heteroatoms. The SMILES string of the molecule is Cc1ccccc1NC(=O)c1cc(Br)ccc1N. The van der Waals surface area contributed by atoms with Gasteiger partial charge in [-0.2, -0.15) is 0 Å². The number of nitrogens with one attached hydrogen (secondary N) is 1. The summed E-state index contributed by atoms with van der Waals surface area (Å²) >= 11 is 3.33. The Morgan fingerprint density at radius 1 is 1.22 bits per heavy atom. The van der Waals surface area contributed by atoms with Crippen LogP contribution >= 0.6 is 15.9 Å². The standard InChI is InChI=1S/C14H13BrN2O/c1-9-4-2-3-5-13(9)17-14(18)11-8-10(15)6-7-12(11)16/h2-8H,16H2,1H3,(H,17,18). The summed E-state index contributed by atoms with van der Waals surface area (Å²) in [6.45, 7) is 1.94. The van der Waals surface area contributed by atoms with Crippen LogP contribution in [0.25, 0.3) is 0 Å². The average molecular weight is 305 g/mol. The van der Waals surface area contributed by atoms with Gasteiger partial charge in [-0.3, -0.25) is 4.79 Å². The third kappa shape index (κ3) is 2.71. The van der Waals surface area contributed by atoms with Crippen molar-refractivity contribution in [2.75, 3.05) is 11.1 Å². The highest BCUT2D eigenvalue weighted by Gasteiger charge is 2.11. The first kappa shape index (κ1) is 12.6. The molecule has 3 nitrogen and oxygen atoms in total. The van der Waals surface area contributed by atoms with Gasteiger partial charge in [-0.1, -0.05) is 34.1 Å². The molecule has 0 saturated heterocycles. The Balaban J connectivity index is 2.28. The van der Waals surface area contributed by atoms with Crippen molar-refractivity contribution in [3.8, 4) is 0 Å². The van der Waals surface area contributed by atoms with Gasteiger partial charge in [0.05, 0.1) is 5.56 Å². The van der Waals surface area contributed by atoms with Crippen LogP contribution in [0.15, 0.2) is 46.9 Å². The van der Waals surface area contributed by atoms with Gasteiger partial charge in [0.15, 0.2) is 0 Å². The fraction of sp³-hybridized carbons (Fsp3) is 0.0714. The molecule has 2 aromatic carbocycles. The Bertz CT molecular complexity index is 596. The van der Waals surface area contributed by atoms with E-state index < -0.39 is 0 Å².